The fraction of sp³-hybridized carbons (Fsp3) is 0.357. The standard InChI is InChI=1S/C14H15BrN2O2/c15-11-1-3-12(4-2-11)17-10-13(9-14(17)18)16-5-7-19-8-6-16/h1-4,9H,5-8,10H2. The molecule has 3 rings (SSSR count). The molecule has 1 fully saturated rings. The summed E-state index contributed by atoms with van der Waals surface area (Å²) in [5.41, 5.74) is 2.03. The van der Waals surface area contributed by atoms with E-state index in [0.29, 0.717) is 6.54 Å². The van der Waals surface area contributed by atoms with Crippen LogP contribution < -0.4 is 4.90 Å². The van der Waals surface area contributed by atoms with E-state index in [9.17, 15) is 4.79 Å². The van der Waals surface area contributed by atoms with Crippen molar-refractivity contribution in [2.75, 3.05) is 37.7 Å². The van der Waals surface area contributed by atoms with Gasteiger partial charge in [0.25, 0.3) is 5.91 Å². The molecular weight excluding hydrogens is 308 g/mol. The molecule has 0 aromatic heterocycles. The zero-order chi connectivity index (χ0) is 13.2. The number of anilines is 1. The number of morpholine rings is 1. The van der Waals surface area contributed by atoms with Crippen LogP contribution in [-0.2, 0) is 9.53 Å². The van der Waals surface area contributed by atoms with Crippen molar-refractivity contribution in [3.63, 3.8) is 0 Å². The molecule has 0 radical (unpaired) electrons. The molecule has 5 heteroatoms. The summed E-state index contributed by atoms with van der Waals surface area (Å²) in [6.45, 7) is 3.87. The molecule has 1 saturated heterocycles. The predicted octanol–water partition coefficient (Wildman–Crippen LogP) is 2.01. The van der Waals surface area contributed by atoms with Gasteiger partial charge in [0, 0.05) is 35.0 Å². The summed E-state index contributed by atoms with van der Waals surface area (Å²) >= 11 is 3.40. The molecule has 19 heavy (non-hydrogen) atoms. The molecule has 0 unspecified atom stereocenters. The minimum atomic E-state index is 0.0591. The minimum Gasteiger partial charge on any atom is -0.378 e. The largest absolute Gasteiger partial charge is 0.378 e. The van der Waals surface area contributed by atoms with E-state index in [2.05, 4.69) is 20.8 Å². The third kappa shape index (κ3) is 2.67. The average Bonchev–Trinajstić information content (AvgIpc) is 2.83. The SMILES string of the molecule is O=C1C=C(N2CCOCC2)CN1c1ccc(Br)cc1. The number of carbonyl (C=O) groups excluding carboxylic acids is 1. The molecule has 0 aliphatic carbocycles. The predicted molar refractivity (Wildman–Crippen MR) is 77.0 cm³/mol. The number of amides is 1. The van der Waals surface area contributed by atoms with Crippen LogP contribution in [-0.4, -0.2) is 43.7 Å². The molecule has 0 spiro atoms. The highest BCUT2D eigenvalue weighted by Gasteiger charge is 2.26. The van der Waals surface area contributed by atoms with Crippen molar-refractivity contribution in [2.24, 2.45) is 0 Å². The zero-order valence-electron chi connectivity index (χ0n) is 10.5. The van der Waals surface area contributed by atoms with E-state index < -0.39 is 0 Å². The van der Waals surface area contributed by atoms with Crippen molar-refractivity contribution < 1.29 is 9.53 Å². The number of ether oxygens (including phenoxy) is 1. The maximum Gasteiger partial charge on any atom is 0.253 e. The van der Waals surface area contributed by atoms with Crippen molar-refractivity contribution in [2.45, 2.75) is 0 Å². The van der Waals surface area contributed by atoms with Gasteiger partial charge in [-0.05, 0) is 24.3 Å². The lowest BCUT2D eigenvalue weighted by molar-refractivity contribution is -0.113. The highest BCUT2D eigenvalue weighted by atomic mass is 79.9. The first-order chi connectivity index (χ1) is 9.24. The summed E-state index contributed by atoms with van der Waals surface area (Å²) in [5, 5.41) is 0. The number of benzene rings is 1. The Kier molecular flexibility index (Phi) is 3.57. The van der Waals surface area contributed by atoms with E-state index in [1.807, 2.05) is 24.3 Å². The average molecular weight is 323 g/mol. The van der Waals surface area contributed by atoms with Crippen LogP contribution in [0.25, 0.3) is 0 Å². The molecule has 2 aliphatic heterocycles. The van der Waals surface area contributed by atoms with E-state index in [-0.39, 0.29) is 5.91 Å². The van der Waals surface area contributed by atoms with Crippen molar-refractivity contribution in [1.29, 1.82) is 0 Å². The molecule has 0 atom stereocenters. The molecule has 4 nitrogen and oxygen atoms in total. The lowest BCUT2D eigenvalue weighted by Crippen LogP contribution is -2.37. The van der Waals surface area contributed by atoms with Crippen LogP contribution >= 0.6 is 15.9 Å². The number of hydrogen-bond donors (Lipinski definition) is 0. The summed E-state index contributed by atoms with van der Waals surface area (Å²) in [7, 11) is 0. The van der Waals surface area contributed by atoms with Gasteiger partial charge in [0.05, 0.1) is 19.8 Å². The molecule has 1 aromatic carbocycles. The van der Waals surface area contributed by atoms with Gasteiger partial charge in [0.1, 0.15) is 0 Å². The van der Waals surface area contributed by atoms with Gasteiger partial charge in [-0.3, -0.25) is 4.79 Å². The maximum absolute atomic E-state index is 12.1. The normalized spacial score (nSPS) is 19.8. The molecule has 2 heterocycles. The Morgan fingerprint density at radius 3 is 2.47 bits per heavy atom. The first kappa shape index (κ1) is 12.7. The summed E-state index contributed by atoms with van der Waals surface area (Å²) in [4.78, 5) is 16.1. The van der Waals surface area contributed by atoms with Crippen LogP contribution in [0.2, 0.25) is 0 Å². The van der Waals surface area contributed by atoms with Crippen LogP contribution in [0.4, 0.5) is 5.69 Å². The Morgan fingerprint density at radius 2 is 1.79 bits per heavy atom. The van der Waals surface area contributed by atoms with Crippen molar-refractivity contribution in [3.05, 3.63) is 40.5 Å². The monoisotopic (exact) mass is 322 g/mol. The number of rotatable bonds is 2. The van der Waals surface area contributed by atoms with E-state index in [1.54, 1.807) is 11.0 Å². The van der Waals surface area contributed by atoms with Gasteiger partial charge in [-0.25, -0.2) is 0 Å². The van der Waals surface area contributed by atoms with Gasteiger partial charge in [-0.15, -0.1) is 0 Å². The molecule has 2 aliphatic rings. The third-order valence-corrected chi connectivity index (χ3v) is 3.96. The molecular formula is C14H15BrN2O2. The Balaban J connectivity index is 1.74. The van der Waals surface area contributed by atoms with Gasteiger partial charge in [-0.1, -0.05) is 15.9 Å². The van der Waals surface area contributed by atoms with Crippen LogP contribution in [0, 0.1) is 0 Å². The quantitative estimate of drug-likeness (QED) is 0.835. The number of hydrogen-bond acceptors (Lipinski definition) is 3. The Morgan fingerprint density at radius 1 is 1.11 bits per heavy atom. The van der Waals surface area contributed by atoms with Crippen molar-refractivity contribution in [1.82, 2.24) is 4.90 Å². The van der Waals surface area contributed by atoms with Crippen LogP contribution in [0.3, 0.4) is 0 Å². The topological polar surface area (TPSA) is 32.8 Å². The fourth-order valence-electron chi connectivity index (χ4n) is 2.39. The van der Waals surface area contributed by atoms with Crippen LogP contribution in [0.1, 0.15) is 0 Å². The van der Waals surface area contributed by atoms with E-state index in [0.717, 1.165) is 42.2 Å². The van der Waals surface area contributed by atoms with Gasteiger partial charge < -0.3 is 14.5 Å². The smallest absolute Gasteiger partial charge is 0.253 e. The number of carbonyl (C=O) groups is 1. The van der Waals surface area contributed by atoms with Crippen molar-refractivity contribution >= 4 is 27.5 Å². The molecule has 1 amide bonds. The minimum absolute atomic E-state index is 0.0591. The maximum atomic E-state index is 12.1. The Hall–Kier alpha value is -1.33. The van der Waals surface area contributed by atoms with Gasteiger partial charge >= 0.3 is 0 Å². The number of nitrogens with zero attached hydrogens (tertiary/aromatic N) is 2. The van der Waals surface area contributed by atoms with Crippen LogP contribution in [0.5, 0.6) is 0 Å². The summed E-state index contributed by atoms with van der Waals surface area (Å²) < 4.78 is 6.36. The summed E-state index contributed by atoms with van der Waals surface area (Å²) in [6, 6.07) is 7.82. The Labute approximate surface area is 120 Å². The Bertz CT molecular complexity index is 507. The van der Waals surface area contributed by atoms with E-state index in [1.165, 1.54) is 0 Å². The summed E-state index contributed by atoms with van der Waals surface area (Å²) in [5.74, 6) is 0.0591. The second-order valence-electron chi connectivity index (χ2n) is 4.64. The molecule has 100 valence electrons. The fourth-order valence-corrected chi connectivity index (χ4v) is 2.65. The first-order valence-electron chi connectivity index (χ1n) is 6.34. The van der Waals surface area contributed by atoms with E-state index >= 15 is 0 Å². The van der Waals surface area contributed by atoms with Gasteiger partial charge in [0.15, 0.2) is 0 Å². The number of halogens is 1. The van der Waals surface area contributed by atoms with Gasteiger partial charge in [-0.2, -0.15) is 0 Å². The highest BCUT2D eigenvalue weighted by Crippen LogP contribution is 2.24. The molecule has 0 bridgehead atoms. The second kappa shape index (κ2) is 5.35. The van der Waals surface area contributed by atoms with Crippen LogP contribution in [0.15, 0.2) is 40.5 Å². The first-order valence-corrected chi connectivity index (χ1v) is 7.14. The van der Waals surface area contributed by atoms with Gasteiger partial charge in [0.2, 0.25) is 0 Å². The molecule has 0 saturated carbocycles. The lowest BCUT2D eigenvalue weighted by Gasteiger charge is -2.30. The molecule has 1 aromatic rings. The van der Waals surface area contributed by atoms with E-state index in [4.69, 9.17) is 4.74 Å². The van der Waals surface area contributed by atoms with Crippen molar-refractivity contribution in [3.8, 4) is 0 Å². The second-order valence-corrected chi connectivity index (χ2v) is 5.55. The summed E-state index contributed by atoms with van der Waals surface area (Å²) in [6.07, 6.45) is 1.74. The lowest BCUT2D eigenvalue weighted by atomic mass is 10.3. The zero-order valence-corrected chi connectivity index (χ0v) is 12.1. The molecule has 0 N–H and O–H groups in total. The third-order valence-electron chi connectivity index (χ3n) is 3.43. The highest BCUT2D eigenvalue weighted by molar-refractivity contribution is 9.10.